The van der Waals surface area contributed by atoms with Crippen LogP contribution in [0.15, 0.2) is 0 Å². The zero-order valence-corrected chi connectivity index (χ0v) is 13.5. The molecular weight excluding hydrogens is 432 g/mol. The van der Waals surface area contributed by atoms with E-state index in [1.54, 1.807) is 0 Å². The molecule has 0 amide bonds. The van der Waals surface area contributed by atoms with Crippen LogP contribution in [0.5, 0.6) is 0 Å². The maximum absolute atomic E-state index is 2.08. The average Bonchev–Trinajstić information content (AvgIpc) is 1.00. The fourth-order valence-electron chi connectivity index (χ4n) is 0. The van der Waals surface area contributed by atoms with Crippen LogP contribution in [0, 0.1) is 0 Å². The van der Waals surface area contributed by atoms with E-state index >= 15 is 0 Å². The summed E-state index contributed by atoms with van der Waals surface area (Å²) in [5.41, 5.74) is 0. The van der Waals surface area contributed by atoms with Crippen molar-refractivity contribution in [1.82, 2.24) is 0 Å². The molecule has 0 aliphatic carbocycles. The summed E-state index contributed by atoms with van der Waals surface area (Å²) in [4.78, 5) is 0. The van der Waals surface area contributed by atoms with Crippen LogP contribution < -0.4 is 0 Å². The Morgan fingerprint density at radius 3 is 1.25 bits per heavy atom. The van der Waals surface area contributed by atoms with Crippen molar-refractivity contribution in [2.45, 2.75) is 0 Å². The van der Waals surface area contributed by atoms with Gasteiger partial charge in [-0.3, -0.25) is 0 Å². The molecule has 4 heavy (non-hydrogen) atoms. The molecule has 0 aliphatic heterocycles. The first-order chi connectivity index (χ1) is 1.00. The third-order valence-corrected chi connectivity index (χ3v) is 0. The van der Waals surface area contributed by atoms with Gasteiger partial charge in [-0.05, 0) is 0 Å². The summed E-state index contributed by atoms with van der Waals surface area (Å²) in [5, 5.41) is 0. The Hall–Kier alpha value is 2.75. The first-order valence-corrected chi connectivity index (χ1v) is 8.87. The van der Waals surface area contributed by atoms with Crippen LogP contribution in [0.25, 0.3) is 0 Å². The van der Waals surface area contributed by atoms with Crippen molar-refractivity contribution in [2.24, 2.45) is 0 Å². The van der Waals surface area contributed by atoms with E-state index in [-0.39, 0.29) is 44.4 Å². The van der Waals surface area contributed by atoms with Gasteiger partial charge in [0.1, 0.15) is 0 Å². The van der Waals surface area contributed by atoms with Crippen molar-refractivity contribution in [3.05, 3.63) is 0 Å². The van der Waals surface area contributed by atoms with Gasteiger partial charge >= 0.3 is 59.9 Å². The molecule has 0 bridgehead atoms. The summed E-state index contributed by atoms with van der Waals surface area (Å²) >= 11 is 3.46. The summed E-state index contributed by atoms with van der Waals surface area (Å²) in [6.07, 6.45) is 0. The van der Waals surface area contributed by atoms with Gasteiger partial charge in [-0.15, -0.1) is 0 Å². The van der Waals surface area contributed by atoms with E-state index in [1.165, 1.54) is 15.4 Å². The molecule has 3 radical (unpaired) electrons. The van der Waals surface area contributed by atoms with Gasteiger partial charge in [0.15, 0.2) is 0 Å². The van der Waals surface area contributed by atoms with Crippen molar-refractivity contribution in [1.29, 1.82) is 0 Å². The van der Waals surface area contributed by atoms with E-state index < -0.39 is 0 Å². The van der Waals surface area contributed by atoms with Gasteiger partial charge in [0.05, 0.1) is 0 Å². The number of rotatable bonds is 0. The molecule has 0 saturated carbocycles. The predicted octanol–water partition coefficient (Wildman–Crippen LogP) is -0.924. The summed E-state index contributed by atoms with van der Waals surface area (Å²) < 4.78 is 0. The molecule has 0 atom stereocenters. The SMILES string of the molecule is [Cu].[PbH2].[Zn][Mo]. The second-order valence-corrected chi connectivity index (χ2v) is 0. The topological polar surface area (TPSA) is 0 Å². The minimum atomic E-state index is 0. The van der Waals surface area contributed by atoms with Crippen molar-refractivity contribution >= 4 is 27.3 Å². The van der Waals surface area contributed by atoms with E-state index in [1.807, 2.05) is 0 Å². The molecule has 0 nitrogen and oxygen atoms in total. The van der Waals surface area contributed by atoms with Crippen LogP contribution in [-0.2, 0) is 49.7 Å². The van der Waals surface area contributed by atoms with Crippen molar-refractivity contribution in [2.75, 3.05) is 0 Å². The fourth-order valence-corrected chi connectivity index (χ4v) is 0. The van der Waals surface area contributed by atoms with Gasteiger partial charge < -0.3 is 0 Å². The molecule has 0 aromatic heterocycles. The third kappa shape index (κ3) is 8.83. The minimum absolute atomic E-state index is 0. The Labute approximate surface area is 75.6 Å². The molecule has 0 unspecified atom stereocenters. The Balaban J connectivity index is -0.00000000500. The summed E-state index contributed by atoms with van der Waals surface area (Å²) in [7, 11) is 0. The Bertz CT molecular complexity index is 8.00. The van der Waals surface area contributed by atoms with Gasteiger partial charge in [-0.25, -0.2) is 0 Å². The summed E-state index contributed by atoms with van der Waals surface area (Å²) in [5.74, 6) is 0. The van der Waals surface area contributed by atoms with E-state index in [9.17, 15) is 0 Å². The monoisotopic (exact) mass is 435 g/mol. The fraction of sp³-hybridized carbons (Fsp3) is 0. The molecule has 0 heterocycles. The molecule has 0 aromatic carbocycles. The number of hydrogen-bond acceptors (Lipinski definition) is 0. The normalized spacial score (nSPS) is 1.50. The maximum atomic E-state index is 2.08. The van der Waals surface area contributed by atoms with Crippen molar-refractivity contribution in [3.8, 4) is 0 Å². The van der Waals surface area contributed by atoms with Crippen LogP contribution in [0.3, 0.4) is 0 Å². The van der Waals surface area contributed by atoms with Gasteiger partial charge in [-0.2, -0.15) is 0 Å². The van der Waals surface area contributed by atoms with Crippen LogP contribution in [0.2, 0.25) is 0 Å². The second kappa shape index (κ2) is 17.1. The Morgan fingerprint density at radius 1 is 1.25 bits per heavy atom. The van der Waals surface area contributed by atoms with Gasteiger partial charge in [0, 0.05) is 17.1 Å². The molecule has 0 rings (SSSR count). The number of hydrogen-bond donors (Lipinski definition) is 0. The van der Waals surface area contributed by atoms with Crippen LogP contribution >= 0.6 is 0 Å². The van der Waals surface area contributed by atoms with E-state index in [2.05, 4.69) is 17.2 Å². The zero-order valence-electron chi connectivity index (χ0n) is 2.12. The summed E-state index contributed by atoms with van der Waals surface area (Å²) in [6, 6.07) is 0. The summed E-state index contributed by atoms with van der Waals surface area (Å²) in [6.45, 7) is 0. The molecule has 4 heteroatoms. The zero-order chi connectivity index (χ0) is 2.00. The molecular formula is H2CuMoPbZn. The molecule has 25 valence electrons. The average molecular weight is 434 g/mol. The standard InChI is InChI=1S/Cu.Mo.Pb.Zn.2H. The molecule has 0 N–H and O–H groups in total. The van der Waals surface area contributed by atoms with E-state index in [0.717, 1.165) is 0 Å². The van der Waals surface area contributed by atoms with Crippen LogP contribution in [0.4, 0.5) is 0 Å². The molecule has 0 fully saturated rings. The van der Waals surface area contributed by atoms with Crippen molar-refractivity contribution < 1.29 is 49.7 Å². The van der Waals surface area contributed by atoms with Crippen molar-refractivity contribution in [3.63, 3.8) is 0 Å². The first-order valence-electron chi connectivity index (χ1n) is 0.289. The van der Waals surface area contributed by atoms with Gasteiger partial charge in [0.25, 0.3) is 0 Å². The molecule has 0 aromatic rings. The first kappa shape index (κ1) is 15.9. The Morgan fingerprint density at radius 2 is 1.25 bits per heavy atom. The second-order valence-electron chi connectivity index (χ2n) is 0. The molecule has 0 saturated heterocycles. The van der Waals surface area contributed by atoms with Crippen LogP contribution in [0.1, 0.15) is 0 Å². The Kier molecular flexibility index (Phi) is 68.0. The third-order valence-electron chi connectivity index (χ3n) is 0. The quantitative estimate of drug-likeness (QED) is 0.433. The van der Waals surface area contributed by atoms with Gasteiger partial charge in [0.2, 0.25) is 0 Å². The molecule has 0 spiro atoms. The van der Waals surface area contributed by atoms with E-state index in [4.69, 9.17) is 0 Å². The van der Waals surface area contributed by atoms with Gasteiger partial charge in [-0.1, -0.05) is 0 Å². The predicted molar refractivity (Wildman–Crippen MR) is 8.54 cm³/mol. The van der Waals surface area contributed by atoms with E-state index in [0.29, 0.717) is 0 Å². The van der Waals surface area contributed by atoms with Crippen LogP contribution in [-0.4, -0.2) is 27.3 Å². The molecule has 0 aliphatic rings.